The van der Waals surface area contributed by atoms with Crippen LogP contribution in [0, 0.1) is 5.92 Å². The number of esters is 1. The highest BCUT2D eigenvalue weighted by molar-refractivity contribution is 5.88. The summed E-state index contributed by atoms with van der Waals surface area (Å²) in [6.07, 6.45) is 3.99. The van der Waals surface area contributed by atoms with Crippen LogP contribution in [-0.2, 0) is 9.53 Å². The predicted molar refractivity (Wildman–Crippen MR) is 65.9 cm³/mol. The number of aromatic nitrogens is 2. The average Bonchev–Trinajstić information content (AvgIpc) is 2.46. The molecule has 2 rings (SSSR count). The van der Waals surface area contributed by atoms with E-state index >= 15 is 0 Å². The number of hydrogen-bond acceptors (Lipinski definition) is 6. The van der Waals surface area contributed by atoms with Crippen LogP contribution in [0.4, 0.5) is 5.95 Å². The summed E-state index contributed by atoms with van der Waals surface area (Å²) in [5.41, 5.74) is 0.298. The van der Waals surface area contributed by atoms with Crippen molar-refractivity contribution in [2.75, 3.05) is 25.1 Å². The molecule has 0 aliphatic carbocycles. The quantitative estimate of drug-likeness (QED) is 0.798. The van der Waals surface area contributed by atoms with E-state index in [1.54, 1.807) is 0 Å². The number of methoxy groups -OCH3 is 1. The third kappa shape index (κ3) is 2.98. The van der Waals surface area contributed by atoms with Gasteiger partial charge in [-0.05, 0) is 12.8 Å². The van der Waals surface area contributed by atoms with Gasteiger partial charge in [-0.15, -0.1) is 0 Å². The Morgan fingerprint density at radius 3 is 2.37 bits per heavy atom. The molecule has 0 amide bonds. The Kier molecular flexibility index (Phi) is 3.94. The van der Waals surface area contributed by atoms with Gasteiger partial charge in [0.1, 0.15) is 0 Å². The van der Waals surface area contributed by atoms with Crippen LogP contribution in [0.1, 0.15) is 23.2 Å². The van der Waals surface area contributed by atoms with Crippen molar-refractivity contribution < 1.29 is 19.4 Å². The number of carbonyl (C=O) groups excluding carboxylic acids is 1. The van der Waals surface area contributed by atoms with Gasteiger partial charge in [-0.3, -0.25) is 4.79 Å². The SMILES string of the molecule is COC(=O)c1cnc(N2CCC(C(=O)O)CC2)nc1. The lowest BCUT2D eigenvalue weighted by molar-refractivity contribution is -0.142. The summed E-state index contributed by atoms with van der Waals surface area (Å²) < 4.78 is 4.56. The van der Waals surface area contributed by atoms with Crippen molar-refractivity contribution in [1.82, 2.24) is 9.97 Å². The molecule has 2 heterocycles. The molecule has 19 heavy (non-hydrogen) atoms. The molecule has 1 aromatic heterocycles. The zero-order valence-electron chi connectivity index (χ0n) is 10.6. The maximum atomic E-state index is 11.2. The molecule has 0 saturated carbocycles. The van der Waals surface area contributed by atoms with Crippen molar-refractivity contribution in [1.29, 1.82) is 0 Å². The molecule has 0 spiro atoms. The van der Waals surface area contributed by atoms with E-state index in [1.165, 1.54) is 19.5 Å². The summed E-state index contributed by atoms with van der Waals surface area (Å²) in [7, 11) is 1.30. The number of ether oxygens (including phenoxy) is 1. The number of anilines is 1. The smallest absolute Gasteiger partial charge is 0.341 e. The van der Waals surface area contributed by atoms with Gasteiger partial charge in [0.25, 0.3) is 0 Å². The van der Waals surface area contributed by atoms with E-state index in [-0.39, 0.29) is 5.92 Å². The van der Waals surface area contributed by atoms with Gasteiger partial charge in [0.05, 0.1) is 18.6 Å². The molecule has 1 fully saturated rings. The fourth-order valence-corrected chi connectivity index (χ4v) is 2.03. The van der Waals surface area contributed by atoms with Crippen molar-refractivity contribution in [2.45, 2.75) is 12.8 Å². The Hall–Kier alpha value is -2.18. The van der Waals surface area contributed by atoms with E-state index < -0.39 is 11.9 Å². The van der Waals surface area contributed by atoms with E-state index in [4.69, 9.17) is 5.11 Å². The number of carboxylic acid groups (broad SMARTS) is 1. The number of aliphatic carboxylic acids is 1. The number of hydrogen-bond donors (Lipinski definition) is 1. The minimum Gasteiger partial charge on any atom is -0.481 e. The van der Waals surface area contributed by atoms with E-state index in [0.717, 1.165) is 0 Å². The van der Waals surface area contributed by atoms with Gasteiger partial charge in [-0.1, -0.05) is 0 Å². The zero-order valence-corrected chi connectivity index (χ0v) is 10.6. The molecule has 1 aromatic rings. The maximum Gasteiger partial charge on any atom is 0.341 e. The largest absolute Gasteiger partial charge is 0.481 e. The molecule has 1 aliphatic heterocycles. The maximum absolute atomic E-state index is 11.2. The van der Waals surface area contributed by atoms with Crippen molar-refractivity contribution in [3.8, 4) is 0 Å². The lowest BCUT2D eigenvalue weighted by atomic mass is 9.97. The molecular weight excluding hydrogens is 250 g/mol. The van der Waals surface area contributed by atoms with Gasteiger partial charge >= 0.3 is 11.9 Å². The highest BCUT2D eigenvalue weighted by Crippen LogP contribution is 2.20. The minimum absolute atomic E-state index is 0.286. The predicted octanol–water partition coefficient (Wildman–Crippen LogP) is 0.564. The third-order valence-corrected chi connectivity index (χ3v) is 3.19. The lowest BCUT2D eigenvalue weighted by Crippen LogP contribution is -2.37. The molecule has 1 aliphatic rings. The summed E-state index contributed by atoms with van der Waals surface area (Å²) >= 11 is 0. The summed E-state index contributed by atoms with van der Waals surface area (Å²) in [6, 6.07) is 0. The molecule has 1 saturated heterocycles. The fraction of sp³-hybridized carbons (Fsp3) is 0.500. The van der Waals surface area contributed by atoms with Crippen LogP contribution >= 0.6 is 0 Å². The average molecular weight is 265 g/mol. The molecule has 0 bridgehead atoms. The standard InChI is InChI=1S/C12H15N3O4/c1-19-11(18)9-6-13-12(14-7-9)15-4-2-8(3-5-15)10(16)17/h6-8H,2-5H2,1H3,(H,16,17). The molecule has 102 valence electrons. The van der Waals surface area contributed by atoms with E-state index in [0.29, 0.717) is 37.4 Å². The van der Waals surface area contributed by atoms with E-state index in [1.807, 2.05) is 4.90 Å². The Bertz CT molecular complexity index is 466. The van der Waals surface area contributed by atoms with Crippen molar-refractivity contribution in [3.05, 3.63) is 18.0 Å². The topological polar surface area (TPSA) is 92.6 Å². The fourth-order valence-electron chi connectivity index (χ4n) is 2.03. The number of piperidine rings is 1. The third-order valence-electron chi connectivity index (χ3n) is 3.19. The molecule has 1 N–H and O–H groups in total. The highest BCUT2D eigenvalue weighted by atomic mass is 16.5. The Morgan fingerprint density at radius 1 is 1.32 bits per heavy atom. The van der Waals surface area contributed by atoms with Gasteiger partial charge in [0, 0.05) is 25.5 Å². The number of carboxylic acids is 1. The first kappa shape index (κ1) is 13.3. The highest BCUT2D eigenvalue weighted by Gasteiger charge is 2.25. The molecule has 0 unspecified atom stereocenters. The second kappa shape index (κ2) is 5.64. The number of carbonyl (C=O) groups is 2. The number of nitrogens with zero attached hydrogens (tertiary/aromatic N) is 3. The van der Waals surface area contributed by atoms with Gasteiger partial charge in [0.15, 0.2) is 0 Å². The van der Waals surface area contributed by atoms with Crippen LogP contribution in [-0.4, -0.2) is 47.2 Å². The van der Waals surface area contributed by atoms with Gasteiger partial charge in [-0.2, -0.15) is 0 Å². The molecule has 7 nitrogen and oxygen atoms in total. The molecule has 7 heteroatoms. The van der Waals surface area contributed by atoms with Crippen LogP contribution in [0.15, 0.2) is 12.4 Å². The number of rotatable bonds is 3. The first-order valence-electron chi connectivity index (χ1n) is 6.00. The second-order valence-electron chi connectivity index (χ2n) is 4.36. The molecule has 0 aromatic carbocycles. The van der Waals surface area contributed by atoms with Gasteiger partial charge in [-0.25, -0.2) is 14.8 Å². The van der Waals surface area contributed by atoms with Crippen LogP contribution < -0.4 is 4.90 Å². The molecule has 0 radical (unpaired) electrons. The Morgan fingerprint density at radius 2 is 1.89 bits per heavy atom. The van der Waals surface area contributed by atoms with Crippen molar-refractivity contribution >= 4 is 17.9 Å². The lowest BCUT2D eigenvalue weighted by Gasteiger charge is -2.29. The summed E-state index contributed by atoms with van der Waals surface area (Å²) in [5, 5.41) is 8.92. The Balaban J connectivity index is 2.00. The van der Waals surface area contributed by atoms with Crippen LogP contribution in [0.2, 0.25) is 0 Å². The monoisotopic (exact) mass is 265 g/mol. The molecular formula is C12H15N3O4. The van der Waals surface area contributed by atoms with Crippen LogP contribution in [0.25, 0.3) is 0 Å². The Labute approximate surface area is 110 Å². The van der Waals surface area contributed by atoms with E-state index in [2.05, 4.69) is 14.7 Å². The summed E-state index contributed by atoms with van der Waals surface area (Å²) in [4.78, 5) is 32.2. The van der Waals surface area contributed by atoms with Crippen LogP contribution in [0.5, 0.6) is 0 Å². The first-order valence-corrected chi connectivity index (χ1v) is 6.00. The van der Waals surface area contributed by atoms with Crippen molar-refractivity contribution in [3.63, 3.8) is 0 Å². The van der Waals surface area contributed by atoms with Crippen LogP contribution in [0.3, 0.4) is 0 Å². The van der Waals surface area contributed by atoms with Crippen molar-refractivity contribution in [2.24, 2.45) is 5.92 Å². The zero-order chi connectivity index (χ0) is 13.8. The summed E-state index contributed by atoms with van der Waals surface area (Å²) in [5.74, 6) is -1.00. The normalized spacial score (nSPS) is 16.2. The van der Waals surface area contributed by atoms with Gasteiger partial charge < -0.3 is 14.7 Å². The van der Waals surface area contributed by atoms with Gasteiger partial charge in [0.2, 0.25) is 5.95 Å². The second-order valence-corrected chi connectivity index (χ2v) is 4.36. The summed E-state index contributed by atoms with van der Waals surface area (Å²) in [6.45, 7) is 1.21. The first-order chi connectivity index (χ1) is 9.11. The molecule has 0 atom stereocenters. The minimum atomic E-state index is -0.749. The van der Waals surface area contributed by atoms with E-state index in [9.17, 15) is 9.59 Å².